The molecular weight excluding hydrogens is 360 g/mol. The third-order valence-corrected chi connectivity index (χ3v) is 6.39. The fraction of sp³-hybridized carbons (Fsp3) is 0.389. The maximum atomic E-state index is 14.0. The number of rotatable bonds is 6. The SMILES string of the molecule is CCC(Nc1ccc(S(=O)(=O)N2CCCC2)cn1)c1cc(F)ccc1F. The molecule has 3 rings (SSSR count). The zero-order valence-corrected chi connectivity index (χ0v) is 15.3. The molecule has 0 spiro atoms. The van der Waals surface area contributed by atoms with Crippen molar-refractivity contribution in [2.45, 2.75) is 37.1 Å². The molecule has 0 aliphatic carbocycles. The number of hydrogen-bond donors (Lipinski definition) is 1. The van der Waals surface area contributed by atoms with Gasteiger partial charge in [-0.2, -0.15) is 4.31 Å². The van der Waals surface area contributed by atoms with Crippen molar-refractivity contribution in [3.05, 3.63) is 53.7 Å². The highest BCUT2D eigenvalue weighted by Crippen LogP contribution is 2.26. The van der Waals surface area contributed by atoms with E-state index in [1.807, 2.05) is 6.92 Å². The first-order valence-electron chi connectivity index (χ1n) is 8.59. The lowest BCUT2D eigenvalue weighted by molar-refractivity contribution is 0.477. The Bertz CT molecular complexity index is 867. The van der Waals surface area contributed by atoms with Crippen LogP contribution >= 0.6 is 0 Å². The Morgan fingerprint density at radius 2 is 1.92 bits per heavy atom. The Kier molecular flexibility index (Phi) is 5.52. The molecule has 0 amide bonds. The van der Waals surface area contributed by atoms with Crippen LogP contribution in [0.15, 0.2) is 41.4 Å². The van der Waals surface area contributed by atoms with E-state index in [1.54, 1.807) is 6.07 Å². The molecule has 2 aromatic rings. The lowest BCUT2D eigenvalue weighted by atomic mass is 10.0. The molecule has 1 atom stereocenters. The van der Waals surface area contributed by atoms with Crippen LogP contribution in [0.4, 0.5) is 14.6 Å². The third kappa shape index (κ3) is 3.86. The maximum Gasteiger partial charge on any atom is 0.244 e. The monoisotopic (exact) mass is 381 g/mol. The predicted octanol–water partition coefficient (Wildman–Crippen LogP) is 3.71. The Morgan fingerprint density at radius 1 is 1.19 bits per heavy atom. The fourth-order valence-corrected chi connectivity index (χ4v) is 4.52. The van der Waals surface area contributed by atoms with Gasteiger partial charge < -0.3 is 5.32 Å². The van der Waals surface area contributed by atoms with Gasteiger partial charge in [-0.3, -0.25) is 0 Å². The van der Waals surface area contributed by atoms with E-state index in [2.05, 4.69) is 10.3 Å². The molecule has 0 bridgehead atoms. The molecule has 8 heteroatoms. The van der Waals surface area contributed by atoms with Gasteiger partial charge in [0.05, 0.1) is 6.04 Å². The van der Waals surface area contributed by atoms with Gasteiger partial charge in [-0.15, -0.1) is 0 Å². The molecule has 0 radical (unpaired) electrons. The first-order chi connectivity index (χ1) is 12.4. The van der Waals surface area contributed by atoms with Crippen LogP contribution in [-0.2, 0) is 10.0 Å². The van der Waals surface area contributed by atoms with Crippen molar-refractivity contribution in [1.82, 2.24) is 9.29 Å². The molecule has 1 unspecified atom stereocenters. The van der Waals surface area contributed by atoms with Gasteiger partial charge in [0.25, 0.3) is 0 Å². The number of anilines is 1. The van der Waals surface area contributed by atoms with Crippen LogP contribution in [0.5, 0.6) is 0 Å². The summed E-state index contributed by atoms with van der Waals surface area (Å²) in [5, 5.41) is 3.04. The van der Waals surface area contributed by atoms with Crippen molar-refractivity contribution in [2.75, 3.05) is 18.4 Å². The number of pyridine rings is 1. The molecule has 1 aliphatic rings. The summed E-state index contributed by atoms with van der Waals surface area (Å²) in [5.41, 5.74) is 0.211. The largest absolute Gasteiger partial charge is 0.363 e. The predicted molar refractivity (Wildman–Crippen MR) is 95.2 cm³/mol. The van der Waals surface area contributed by atoms with E-state index in [0.717, 1.165) is 31.0 Å². The maximum absolute atomic E-state index is 14.0. The minimum atomic E-state index is -3.52. The highest BCUT2D eigenvalue weighted by molar-refractivity contribution is 7.89. The van der Waals surface area contributed by atoms with Crippen LogP contribution in [0.3, 0.4) is 0 Å². The molecule has 2 heterocycles. The van der Waals surface area contributed by atoms with Crippen LogP contribution in [-0.4, -0.2) is 30.8 Å². The van der Waals surface area contributed by atoms with Crippen LogP contribution in [0, 0.1) is 11.6 Å². The van der Waals surface area contributed by atoms with Gasteiger partial charge in [-0.25, -0.2) is 22.2 Å². The minimum absolute atomic E-state index is 0.134. The van der Waals surface area contributed by atoms with E-state index in [-0.39, 0.29) is 10.5 Å². The van der Waals surface area contributed by atoms with Gasteiger partial charge in [0.2, 0.25) is 10.0 Å². The average molecular weight is 381 g/mol. The fourth-order valence-electron chi connectivity index (χ4n) is 3.06. The topological polar surface area (TPSA) is 62.3 Å². The van der Waals surface area contributed by atoms with Crippen molar-refractivity contribution in [3.63, 3.8) is 0 Å². The van der Waals surface area contributed by atoms with Gasteiger partial charge in [0.1, 0.15) is 22.3 Å². The number of hydrogen-bond acceptors (Lipinski definition) is 4. The number of nitrogens with zero attached hydrogens (tertiary/aromatic N) is 2. The summed E-state index contributed by atoms with van der Waals surface area (Å²) < 4.78 is 53.9. The molecule has 1 N–H and O–H groups in total. The molecule has 1 aliphatic heterocycles. The molecule has 1 fully saturated rings. The first-order valence-corrected chi connectivity index (χ1v) is 10.0. The van der Waals surface area contributed by atoms with Crippen molar-refractivity contribution in [2.24, 2.45) is 0 Å². The molecule has 0 saturated carbocycles. The number of sulfonamides is 1. The van der Waals surface area contributed by atoms with E-state index in [9.17, 15) is 17.2 Å². The molecular formula is C18H21F2N3O2S. The Hall–Kier alpha value is -2.06. The van der Waals surface area contributed by atoms with Gasteiger partial charge >= 0.3 is 0 Å². The lowest BCUT2D eigenvalue weighted by Crippen LogP contribution is -2.28. The van der Waals surface area contributed by atoms with E-state index in [0.29, 0.717) is 25.3 Å². The molecule has 140 valence electrons. The lowest BCUT2D eigenvalue weighted by Gasteiger charge is -2.19. The normalized spacial score (nSPS) is 16.6. The summed E-state index contributed by atoms with van der Waals surface area (Å²) in [4.78, 5) is 4.28. The zero-order chi connectivity index (χ0) is 18.7. The van der Waals surface area contributed by atoms with Crippen LogP contribution in [0.2, 0.25) is 0 Å². The van der Waals surface area contributed by atoms with Gasteiger partial charge in [-0.1, -0.05) is 6.92 Å². The highest BCUT2D eigenvalue weighted by Gasteiger charge is 2.27. The number of benzene rings is 1. The standard InChI is InChI=1S/C18H21F2N3O2S/c1-2-17(15-11-13(19)5-7-16(15)20)22-18-8-6-14(12-21-18)26(24,25)23-9-3-4-10-23/h5-8,11-12,17H,2-4,9-10H2,1H3,(H,21,22). The minimum Gasteiger partial charge on any atom is -0.363 e. The zero-order valence-electron chi connectivity index (χ0n) is 14.5. The molecule has 1 aromatic heterocycles. The second-order valence-corrected chi connectivity index (χ2v) is 8.20. The van der Waals surface area contributed by atoms with Crippen molar-refractivity contribution >= 4 is 15.8 Å². The smallest absolute Gasteiger partial charge is 0.244 e. The van der Waals surface area contributed by atoms with E-state index in [1.165, 1.54) is 16.6 Å². The molecule has 5 nitrogen and oxygen atoms in total. The summed E-state index contributed by atoms with van der Waals surface area (Å²) in [6.45, 7) is 2.90. The Labute approximate surface area is 152 Å². The van der Waals surface area contributed by atoms with Crippen molar-refractivity contribution < 1.29 is 17.2 Å². The number of aromatic nitrogens is 1. The quantitative estimate of drug-likeness (QED) is 0.829. The second-order valence-electron chi connectivity index (χ2n) is 6.26. The van der Waals surface area contributed by atoms with E-state index < -0.39 is 27.7 Å². The van der Waals surface area contributed by atoms with Crippen LogP contribution < -0.4 is 5.32 Å². The summed E-state index contributed by atoms with van der Waals surface area (Å²) in [6.07, 6.45) is 3.54. The van der Waals surface area contributed by atoms with E-state index in [4.69, 9.17) is 0 Å². The summed E-state index contributed by atoms with van der Waals surface area (Å²) in [5.74, 6) is -0.610. The molecule has 1 aromatic carbocycles. The van der Waals surface area contributed by atoms with Gasteiger partial charge in [0, 0.05) is 24.8 Å². The molecule has 1 saturated heterocycles. The average Bonchev–Trinajstić information content (AvgIpc) is 3.18. The van der Waals surface area contributed by atoms with Gasteiger partial charge in [0.15, 0.2) is 0 Å². The molecule has 26 heavy (non-hydrogen) atoms. The number of halogens is 2. The summed E-state index contributed by atoms with van der Waals surface area (Å²) >= 11 is 0. The summed E-state index contributed by atoms with van der Waals surface area (Å²) in [7, 11) is -3.52. The Morgan fingerprint density at radius 3 is 2.54 bits per heavy atom. The van der Waals surface area contributed by atoms with Crippen LogP contribution in [0.1, 0.15) is 37.8 Å². The Balaban J connectivity index is 1.79. The van der Waals surface area contributed by atoms with E-state index >= 15 is 0 Å². The highest BCUT2D eigenvalue weighted by atomic mass is 32.2. The third-order valence-electron chi connectivity index (χ3n) is 4.50. The first kappa shape index (κ1) is 18.7. The van der Waals surface area contributed by atoms with Crippen molar-refractivity contribution in [3.8, 4) is 0 Å². The van der Waals surface area contributed by atoms with Gasteiger partial charge in [-0.05, 0) is 49.6 Å². The van der Waals surface area contributed by atoms with Crippen molar-refractivity contribution in [1.29, 1.82) is 0 Å². The second kappa shape index (κ2) is 7.67. The number of nitrogens with one attached hydrogen (secondary N) is 1. The summed E-state index contributed by atoms with van der Waals surface area (Å²) in [6, 6.07) is 5.87. The van der Waals surface area contributed by atoms with Crippen LogP contribution in [0.25, 0.3) is 0 Å².